The first-order valence-electron chi connectivity index (χ1n) is 5.25. The van der Waals surface area contributed by atoms with E-state index < -0.39 is 0 Å². The van der Waals surface area contributed by atoms with Gasteiger partial charge in [-0.05, 0) is 24.6 Å². The van der Waals surface area contributed by atoms with Gasteiger partial charge in [0.2, 0.25) is 0 Å². The Labute approximate surface area is 106 Å². The molecule has 0 amide bonds. The van der Waals surface area contributed by atoms with Gasteiger partial charge in [0.1, 0.15) is 6.61 Å². The lowest BCUT2D eigenvalue weighted by molar-refractivity contribution is 0.344. The summed E-state index contributed by atoms with van der Waals surface area (Å²) < 4.78 is 6.88. The summed E-state index contributed by atoms with van der Waals surface area (Å²) in [5, 5.41) is 0. The fraction of sp³-hybridized carbons (Fsp3) is 0.333. The maximum absolute atomic E-state index is 11.9. The Kier molecular flexibility index (Phi) is 4.90. The van der Waals surface area contributed by atoms with Crippen molar-refractivity contribution in [3.63, 3.8) is 0 Å². The highest BCUT2D eigenvalue weighted by molar-refractivity contribution is 7.80. The van der Waals surface area contributed by atoms with Crippen molar-refractivity contribution in [2.75, 3.05) is 6.61 Å². The van der Waals surface area contributed by atoms with Gasteiger partial charge >= 0.3 is 0 Å². The molecule has 0 fully saturated rings. The maximum Gasteiger partial charge on any atom is 0.292 e. The smallest absolute Gasteiger partial charge is 0.292 e. The Morgan fingerprint density at radius 1 is 1.65 bits per heavy atom. The van der Waals surface area contributed by atoms with E-state index in [1.807, 2.05) is 6.92 Å². The van der Waals surface area contributed by atoms with E-state index in [1.54, 1.807) is 18.3 Å². The second kappa shape index (κ2) is 6.20. The van der Waals surface area contributed by atoms with Crippen LogP contribution < -0.4 is 16.0 Å². The van der Waals surface area contributed by atoms with Gasteiger partial charge in [0, 0.05) is 19.2 Å². The van der Waals surface area contributed by atoms with Crippen molar-refractivity contribution in [1.82, 2.24) is 4.57 Å². The summed E-state index contributed by atoms with van der Waals surface area (Å²) in [5.41, 5.74) is 6.09. The first kappa shape index (κ1) is 13.4. The van der Waals surface area contributed by atoms with Crippen molar-refractivity contribution in [1.29, 1.82) is 0 Å². The van der Waals surface area contributed by atoms with Crippen LogP contribution in [0.15, 0.2) is 35.3 Å². The quantitative estimate of drug-likeness (QED) is 0.615. The van der Waals surface area contributed by atoms with Gasteiger partial charge in [-0.2, -0.15) is 0 Å². The molecule has 2 N–H and O–H groups in total. The summed E-state index contributed by atoms with van der Waals surface area (Å²) in [6, 6.07) is 3.40. The van der Waals surface area contributed by atoms with E-state index >= 15 is 0 Å². The molecule has 0 unspecified atom stereocenters. The van der Waals surface area contributed by atoms with Gasteiger partial charge in [-0.15, -0.1) is 0 Å². The van der Waals surface area contributed by atoms with Crippen molar-refractivity contribution in [2.45, 2.75) is 19.9 Å². The van der Waals surface area contributed by atoms with Crippen LogP contribution in [0.3, 0.4) is 0 Å². The van der Waals surface area contributed by atoms with Gasteiger partial charge in [-0.3, -0.25) is 4.79 Å². The SMILES string of the molecule is C=C(C)COc1cccn(CCC(N)=S)c1=O. The van der Waals surface area contributed by atoms with Crippen LogP contribution in [-0.2, 0) is 6.54 Å². The molecule has 0 radical (unpaired) electrons. The number of rotatable bonds is 6. The van der Waals surface area contributed by atoms with Crippen molar-refractivity contribution in [2.24, 2.45) is 5.73 Å². The van der Waals surface area contributed by atoms with Crippen LogP contribution in [0.5, 0.6) is 5.75 Å². The van der Waals surface area contributed by atoms with Crippen LogP contribution >= 0.6 is 12.2 Å². The lowest BCUT2D eigenvalue weighted by Crippen LogP contribution is -2.23. The Balaban J connectivity index is 2.80. The lowest BCUT2D eigenvalue weighted by Gasteiger charge is -2.08. The molecule has 17 heavy (non-hydrogen) atoms. The number of pyridine rings is 1. The number of hydrogen-bond donors (Lipinski definition) is 1. The van der Waals surface area contributed by atoms with Gasteiger partial charge in [0.05, 0.1) is 4.99 Å². The van der Waals surface area contributed by atoms with E-state index in [1.165, 1.54) is 4.57 Å². The molecule has 4 nitrogen and oxygen atoms in total. The van der Waals surface area contributed by atoms with Gasteiger partial charge < -0.3 is 15.0 Å². The van der Waals surface area contributed by atoms with Crippen LogP contribution in [0.2, 0.25) is 0 Å². The number of aromatic nitrogens is 1. The first-order chi connectivity index (χ1) is 8.00. The van der Waals surface area contributed by atoms with Crippen LogP contribution in [0, 0.1) is 0 Å². The van der Waals surface area contributed by atoms with E-state index in [0.29, 0.717) is 30.3 Å². The monoisotopic (exact) mass is 252 g/mol. The Morgan fingerprint density at radius 2 is 2.35 bits per heavy atom. The minimum Gasteiger partial charge on any atom is -0.484 e. The van der Waals surface area contributed by atoms with Gasteiger partial charge in [-0.25, -0.2) is 0 Å². The molecular formula is C12H16N2O2S. The number of nitrogens with two attached hydrogens (primary N) is 1. The number of hydrogen-bond acceptors (Lipinski definition) is 3. The van der Waals surface area contributed by atoms with Crippen molar-refractivity contribution in [3.05, 3.63) is 40.8 Å². The van der Waals surface area contributed by atoms with Crippen LogP contribution in [0.25, 0.3) is 0 Å². The number of ether oxygens (including phenoxy) is 1. The fourth-order valence-electron chi connectivity index (χ4n) is 1.23. The summed E-state index contributed by atoms with van der Waals surface area (Å²) in [6.45, 7) is 6.37. The molecule has 1 aromatic rings. The van der Waals surface area contributed by atoms with Crippen molar-refractivity contribution >= 4 is 17.2 Å². The third-order valence-corrected chi connectivity index (χ3v) is 2.26. The first-order valence-corrected chi connectivity index (χ1v) is 5.66. The van der Waals surface area contributed by atoms with Crippen LogP contribution in [0.1, 0.15) is 13.3 Å². The number of aryl methyl sites for hydroxylation is 1. The van der Waals surface area contributed by atoms with E-state index in [4.69, 9.17) is 22.7 Å². The number of thiocarbonyl (C=S) groups is 1. The average molecular weight is 252 g/mol. The predicted molar refractivity (Wildman–Crippen MR) is 72.4 cm³/mol. The standard InChI is InChI=1S/C12H16N2O2S/c1-9(2)8-16-10-4-3-6-14(12(10)15)7-5-11(13)17/h3-4,6H,1,5,7-8H2,2H3,(H2,13,17). The summed E-state index contributed by atoms with van der Waals surface area (Å²) >= 11 is 4.78. The largest absolute Gasteiger partial charge is 0.484 e. The predicted octanol–water partition coefficient (Wildman–Crippen LogP) is 1.48. The summed E-state index contributed by atoms with van der Waals surface area (Å²) in [5.74, 6) is 0.318. The Bertz CT molecular complexity index is 440. The third kappa shape index (κ3) is 4.40. The van der Waals surface area contributed by atoms with Gasteiger partial charge in [0.25, 0.3) is 5.56 Å². The van der Waals surface area contributed by atoms with E-state index in [2.05, 4.69) is 6.58 Å². The molecule has 1 heterocycles. The molecule has 0 bridgehead atoms. The second-order valence-electron chi connectivity index (χ2n) is 3.83. The lowest BCUT2D eigenvalue weighted by atomic mass is 10.3. The Hall–Kier alpha value is -1.62. The highest BCUT2D eigenvalue weighted by Crippen LogP contribution is 2.04. The molecule has 1 aromatic heterocycles. The maximum atomic E-state index is 11.9. The topological polar surface area (TPSA) is 57.2 Å². The van der Waals surface area contributed by atoms with E-state index in [-0.39, 0.29) is 5.56 Å². The second-order valence-corrected chi connectivity index (χ2v) is 4.36. The molecule has 0 saturated heterocycles. The fourth-order valence-corrected chi connectivity index (χ4v) is 1.32. The number of nitrogens with zero attached hydrogens (tertiary/aromatic N) is 1. The normalized spacial score (nSPS) is 9.94. The summed E-state index contributed by atoms with van der Waals surface area (Å²) in [6.07, 6.45) is 2.19. The van der Waals surface area contributed by atoms with Crippen molar-refractivity contribution in [3.8, 4) is 5.75 Å². The summed E-state index contributed by atoms with van der Waals surface area (Å²) in [4.78, 5) is 12.3. The highest BCUT2D eigenvalue weighted by Gasteiger charge is 2.04. The van der Waals surface area contributed by atoms with E-state index in [9.17, 15) is 4.79 Å². The van der Waals surface area contributed by atoms with Crippen molar-refractivity contribution < 1.29 is 4.74 Å². The molecule has 0 aliphatic rings. The third-order valence-electron chi connectivity index (χ3n) is 2.06. The molecule has 1 rings (SSSR count). The Morgan fingerprint density at radius 3 is 2.94 bits per heavy atom. The minimum atomic E-state index is -0.176. The average Bonchev–Trinajstić information content (AvgIpc) is 2.25. The van der Waals surface area contributed by atoms with Crippen LogP contribution in [-0.4, -0.2) is 16.2 Å². The van der Waals surface area contributed by atoms with E-state index in [0.717, 1.165) is 5.57 Å². The molecule has 0 spiro atoms. The highest BCUT2D eigenvalue weighted by atomic mass is 32.1. The molecule has 0 atom stereocenters. The molecule has 0 aromatic carbocycles. The molecule has 5 heteroatoms. The zero-order chi connectivity index (χ0) is 12.8. The molecule has 0 aliphatic carbocycles. The minimum absolute atomic E-state index is 0.176. The summed E-state index contributed by atoms with van der Waals surface area (Å²) in [7, 11) is 0. The molecular weight excluding hydrogens is 236 g/mol. The molecule has 92 valence electrons. The zero-order valence-electron chi connectivity index (χ0n) is 9.81. The molecule has 0 saturated carbocycles. The zero-order valence-corrected chi connectivity index (χ0v) is 10.6. The molecule has 0 aliphatic heterocycles. The van der Waals surface area contributed by atoms with Gasteiger partial charge in [-0.1, -0.05) is 18.8 Å². The van der Waals surface area contributed by atoms with Gasteiger partial charge in [0.15, 0.2) is 5.75 Å². The van der Waals surface area contributed by atoms with Crippen LogP contribution in [0.4, 0.5) is 0 Å².